The quantitative estimate of drug-likeness (QED) is 0.832. The summed E-state index contributed by atoms with van der Waals surface area (Å²) in [5, 5.41) is 12.9. The molecule has 0 saturated carbocycles. The van der Waals surface area contributed by atoms with Crippen LogP contribution in [0.4, 0.5) is 5.69 Å². The van der Waals surface area contributed by atoms with Gasteiger partial charge in [-0.05, 0) is 49.9 Å². The van der Waals surface area contributed by atoms with Crippen molar-refractivity contribution < 1.29 is 4.79 Å². The molecule has 1 heterocycles. The summed E-state index contributed by atoms with van der Waals surface area (Å²) < 4.78 is 0. The number of amides is 1. The van der Waals surface area contributed by atoms with Crippen LogP contribution < -0.4 is 5.32 Å². The lowest BCUT2D eigenvalue weighted by molar-refractivity contribution is -0.115. The van der Waals surface area contributed by atoms with Crippen molar-refractivity contribution in [3.63, 3.8) is 0 Å². The first-order valence-electron chi connectivity index (χ1n) is 7.73. The molecule has 4 nitrogen and oxygen atoms in total. The fourth-order valence-electron chi connectivity index (χ4n) is 2.64. The number of benzene rings is 1. The second-order valence-electron chi connectivity index (χ2n) is 5.64. The summed E-state index contributed by atoms with van der Waals surface area (Å²) in [6.45, 7) is 1.80. The van der Waals surface area contributed by atoms with E-state index in [0.29, 0.717) is 21.3 Å². The van der Waals surface area contributed by atoms with E-state index < -0.39 is 0 Å². The summed E-state index contributed by atoms with van der Waals surface area (Å²) in [5.41, 5.74) is 3.33. The minimum Gasteiger partial charge on any atom is -0.324 e. The van der Waals surface area contributed by atoms with Crippen molar-refractivity contribution in [2.45, 2.75) is 36.5 Å². The van der Waals surface area contributed by atoms with Crippen LogP contribution in [0.15, 0.2) is 35.4 Å². The number of thioether (sulfide) groups is 1. The summed E-state index contributed by atoms with van der Waals surface area (Å²) in [5.74, 6) is -0.167. The van der Waals surface area contributed by atoms with Gasteiger partial charge in [0.05, 0.1) is 21.5 Å². The fourth-order valence-corrected chi connectivity index (χ4v) is 3.72. The number of pyridine rings is 1. The molecule has 1 unspecified atom stereocenters. The number of hydrogen-bond donors (Lipinski definition) is 1. The van der Waals surface area contributed by atoms with Crippen LogP contribution in [0.25, 0.3) is 0 Å². The van der Waals surface area contributed by atoms with Gasteiger partial charge in [0.1, 0.15) is 11.1 Å². The monoisotopic (exact) mass is 357 g/mol. The Morgan fingerprint density at radius 1 is 1.42 bits per heavy atom. The van der Waals surface area contributed by atoms with Gasteiger partial charge in [-0.25, -0.2) is 4.98 Å². The minimum absolute atomic E-state index is 0.167. The molecule has 0 aliphatic heterocycles. The molecule has 1 aliphatic carbocycles. The number of fused-ring (bicyclic) bond motifs is 1. The smallest absolute Gasteiger partial charge is 0.237 e. The SMILES string of the molecule is CC(Sc1nc2c(cc1C#N)CCC2)C(=O)Nc1ccccc1Cl. The average molecular weight is 358 g/mol. The van der Waals surface area contributed by atoms with Crippen LogP contribution in [0, 0.1) is 11.3 Å². The van der Waals surface area contributed by atoms with E-state index in [2.05, 4.69) is 16.4 Å². The zero-order chi connectivity index (χ0) is 17.1. The number of anilines is 1. The lowest BCUT2D eigenvalue weighted by atomic mass is 10.2. The van der Waals surface area contributed by atoms with Crippen LogP contribution in [-0.4, -0.2) is 16.1 Å². The molecule has 1 N–H and O–H groups in total. The van der Waals surface area contributed by atoms with Crippen molar-refractivity contribution in [2.75, 3.05) is 5.32 Å². The van der Waals surface area contributed by atoms with Gasteiger partial charge < -0.3 is 5.32 Å². The Kier molecular flexibility index (Phi) is 5.08. The summed E-state index contributed by atoms with van der Waals surface area (Å²) >= 11 is 7.37. The largest absolute Gasteiger partial charge is 0.324 e. The maximum Gasteiger partial charge on any atom is 0.237 e. The highest BCUT2D eigenvalue weighted by molar-refractivity contribution is 8.00. The van der Waals surface area contributed by atoms with Gasteiger partial charge in [0, 0.05) is 5.69 Å². The molecule has 0 bridgehead atoms. The second-order valence-corrected chi connectivity index (χ2v) is 7.38. The molecule has 3 rings (SSSR count). The molecule has 1 aromatic carbocycles. The molecule has 6 heteroatoms. The van der Waals surface area contributed by atoms with E-state index in [9.17, 15) is 10.1 Å². The third kappa shape index (κ3) is 3.55. The van der Waals surface area contributed by atoms with E-state index in [1.807, 2.05) is 18.2 Å². The number of carbonyl (C=O) groups excluding carboxylic acids is 1. The number of carbonyl (C=O) groups is 1. The van der Waals surface area contributed by atoms with Crippen LogP contribution in [0.2, 0.25) is 5.02 Å². The first kappa shape index (κ1) is 16.8. The Labute approximate surface area is 150 Å². The van der Waals surface area contributed by atoms with Crippen LogP contribution in [0.1, 0.15) is 30.2 Å². The summed E-state index contributed by atoms with van der Waals surface area (Å²) in [4.78, 5) is 17.0. The van der Waals surface area contributed by atoms with Crippen molar-refractivity contribution in [1.82, 2.24) is 4.98 Å². The molecule has 1 aromatic heterocycles. The van der Waals surface area contributed by atoms with Crippen molar-refractivity contribution >= 4 is 35.0 Å². The van der Waals surface area contributed by atoms with E-state index in [1.165, 1.54) is 11.8 Å². The van der Waals surface area contributed by atoms with Crippen molar-refractivity contribution in [2.24, 2.45) is 0 Å². The molecule has 122 valence electrons. The number of nitriles is 1. The van der Waals surface area contributed by atoms with Crippen LogP contribution in [-0.2, 0) is 17.6 Å². The van der Waals surface area contributed by atoms with Crippen molar-refractivity contribution in [3.8, 4) is 6.07 Å². The highest BCUT2D eigenvalue weighted by atomic mass is 35.5. The topological polar surface area (TPSA) is 65.8 Å². The molecular formula is C18H16ClN3OS. The molecule has 0 fully saturated rings. The Balaban J connectivity index is 1.75. The van der Waals surface area contributed by atoms with E-state index in [1.54, 1.807) is 19.1 Å². The highest BCUT2D eigenvalue weighted by Crippen LogP contribution is 2.31. The Morgan fingerprint density at radius 3 is 2.96 bits per heavy atom. The van der Waals surface area contributed by atoms with Gasteiger partial charge in [-0.1, -0.05) is 35.5 Å². The molecule has 24 heavy (non-hydrogen) atoms. The Morgan fingerprint density at radius 2 is 2.21 bits per heavy atom. The van der Waals surface area contributed by atoms with Gasteiger partial charge in [0.15, 0.2) is 0 Å². The fraction of sp³-hybridized carbons (Fsp3) is 0.278. The number of hydrogen-bond acceptors (Lipinski definition) is 4. The van der Waals surface area contributed by atoms with Gasteiger partial charge in [-0.15, -0.1) is 0 Å². The van der Waals surface area contributed by atoms with Crippen LogP contribution in [0.5, 0.6) is 0 Å². The number of aromatic nitrogens is 1. The number of para-hydroxylation sites is 1. The predicted octanol–water partition coefficient (Wildman–Crippen LogP) is 4.21. The third-order valence-electron chi connectivity index (χ3n) is 3.93. The zero-order valence-electron chi connectivity index (χ0n) is 13.2. The molecule has 0 spiro atoms. The molecule has 2 aromatic rings. The molecule has 0 saturated heterocycles. The number of halogens is 1. The van der Waals surface area contributed by atoms with Gasteiger partial charge in [0.25, 0.3) is 0 Å². The molecule has 1 amide bonds. The molecular weight excluding hydrogens is 342 g/mol. The van der Waals surface area contributed by atoms with Gasteiger partial charge >= 0.3 is 0 Å². The van der Waals surface area contributed by atoms with Gasteiger partial charge in [-0.3, -0.25) is 4.79 Å². The maximum absolute atomic E-state index is 12.4. The summed E-state index contributed by atoms with van der Waals surface area (Å²) in [6.07, 6.45) is 2.99. The summed E-state index contributed by atoms with van der Waals surface area (Å²) in [6, 6.07) is 11.2. The maximum atomic E-state index is 12.4. The standard InChI is InChI=1S/C18H16ClN3OS/c1-11(17(23)21-16-7-3-2-6-14(16)19)24-18-13(10-20)9-12-5-4-8-15(12)22-18/h2-3,6-7,9,11H,4-5,8H2,1H3,(H,21,23). The number of aryl methyl sites for hydroxylation is 2. The van der Waals surface area contributed by atoms with E-state index in [0.717, 1.165) is 30.5 Å². The molecule has 0 radical (unpaired) electrons. The minimum atomic E-state index is -0.389. The summed E-state index contributed by atoms with van der Waals surface area (Å²) in [7, 11) is 0. The van der Waals surface area contributed by atoms with E-state index >= 15 is 0 Å². The van der Waals surface area contributed by atoms with Crippen molar-refractivity contribution in [3.05, 3.63) is 52.2 Å². The molecule has 1 aliphatic rings. The third-order valence-corrected chi connectivity index (χ3v) is 5.36. The normalized spacial score (nSPS) is 13.9. The zero-order valence-corrected chi connectivity index (χ0v) is 14.7. The van der Waals surface area contributed by atoms with Gasteiger partial charge in [-0.2, -0.15) is 5.26 Å². The predicted molar refractivity (Wildman–Crippen MR) is 96.4 cm³/mol. The average Bonchev–Trinajstić information content (AvgIpc) is 3.03. The number of nitrogens with zero attached hydrogens (tertiary/aromatic N) is 2. The Bertz CT molecular complexity index is 831. The van der Waals surface area contributed by atoms with Gasteiger partial charge in [0.2, 0.25) is 5.91 Å². The van der Waals surface area contributed by atoms with Crippen LogP contribution >= 0.6 is 23.4 Å². The van der Waals surface area contributed by atoms with Crippen molar-refractivity contribution in [1.29, 1.82) is 5.26 Å². The second kappa shape index (κ2) is 7.25. The number of nitrogens with one attached hydrogen (secondary N) is 1. The van der Waals surface area contributed by atoms with E-state index in [-0.39, 0.29) is 11.2 Å². The first-order chi connectivity index (χ1) is 11.6. The highest BCUT2D eigenvalue weighted by Gasteiger charge is 2.21. The Hall–Kier alpha value is -2.03. The van der Waals surface area contributed by atoms with E-state index in [4.69, 9.17) is 11.6 Å². The number of rotatable bonds is 4. The lowest BCUT2D eigenvalue weighted by Crippen LogP contribution is -2.22. The molecule has 1 atom stereocenters. The first-order valence-corrected chi connectivity index (χ1v) is 8.99. The lowest BCUT2D eigenvalue weighted by Gasteiger charge is -2.14. The van der Waals surface area contributed by atoms with Crippen LogP contribution in [0.3, 0.4) is 0 Å².